The lowest BCUT2D eigenvalue weighted by Gasteiger charge is -2.29. The van der Waals surface area contributed by atoms with Gasteiger partial charge in [0, 0.05) is 32.4 Å². The molecule has 9 heteroatoms. The Morgan fingerprint density at radius 3 is 2.16 bits per heavy atom. The Morgan fingerprint density at radius 2 is 1.60 bits per heavy atom. The van der Waals surface area contributed by atoms with Crippen molar-refractivity contribution in [1.82, 2.24) is 16.0 Å². The van der Waals surface area contributed by atoms with Crippen LogP contribution in [0.2, 0.25) is 0 Å². The van der Waals surface area contributed by atoms with Gasteiger partial charge in [-0.15, -0.1) is 0 Å². The molecule has 150 valence electrons. The van der Waals surface area contributed by atoms with Crippen LogP contribution >= 0.6 is 12.6 Å². The highest BCUT2D eigenvalue weighted by Crippen LogP contribution is 2.17. The van der Waals surface area contributed by atoms with E-state index in [2.05, 4.69) is 28.6 Å². The first-order valence-corrected chi connectivity index (χ1v) is 9.23. The molecule has 3 N–H and O–H groups in total. The number of carbonyl (C=O) groups is 1. The van der Waals surface area contributed by atoms with Crippen LogP contribution < -0.4 is 16.0 Å². The van der Waals surface area contributed by atoms with E-state index in [-0.39, 0.29) is 12.5 Å². The van der Waals surface area contributed by atoms with E-state index < -0.39 is 11.8 Å². The summed E-state index contributed by atoms with van der Waals surface area (Å²) in [6, 6.07) is 0. The van der Waals surface area contributed by atoms with Crippen molar-refractivity contribution in [2.75, 3.05) is 65.1 Å². The molecule has 0 aliphatic heterocycles. The fraction of sp³-hybridized carbons (Fsp3) is 0.938. The summed E-state index contributed by atoms with van der Waals surface area (Å²) in [5.41, 5.74) is -0.969. The van der Waals surface area contributed by atoms with Crippen molar-refractivity contribution in [2.45, 2.75) is 32.5 Å². The predicted octanol–water partition coefficient (Wildman–Crippen LogP) is 0.356. The van der Waals surface area contributed by atoms with Gasteiger partial charge in [0.25, 0.3) is 0 Å². The number of thiol groups is 1. The molecule has 0 rings (SSSR count). The van der Waals surface area contributed by atoms with Crippen LogP contribution in [0.3, 0.4) is 0 Å². The van der Waals surface area contributed by atoms with Gasteiger partial charge in [-0.3, -0.25) is 4.79 Å². The van der Waals surface area contributed by atoms with E-state index >= 15 is 0 Å². The molecule has 0 spiro atoms. The number of amides is 1. The number of ether oxygens (including phenoxy) is 3. The zero-order valence-corrected chi connectivity index (χ0v) is 16.5. The summed E-state index contributed by atoms with van der Waals surface area (Å²) in [4.78, 5) is 10.8. The number of rotatable bonds is 17. The molecule has 7 nitrogen and oxygen atoms in total. The molecule has 0 aliphatic carbocycles. The summed E-state index contributed by atoms with van der Waals surface area (Å²) < 4.78 is 30.3. The fourth-order valence-electron chi connectivity index (χ4n) is 1.77. The number of alkyl halides is 1. The van der Waals surface area contributed by atoms with E-state index in [9.17, 15) is 9.18 Å². The molecular formula is C16H34FN3O4S. The van der Waals surface area contributed by atoms with Gasteiger partial charge in [0.05, 0.1) is 45.2 Å². The summed E-state index contributed by atoms with van der Waals surface area (Å²) in [5.74, 6) is 0.398. The minimum absolute atomic E-state index is 0.0557. The Kier molecular flexibility index (Phi) is 15.5. The molecule has 0 bridgehead atoms. The van der Waals surface area contributed by atoms with Gasteiger partial charge >= 0.3 is 0 Å². The molecule has 0 fully saturated rings. The van der Waals surface area contributed by atoms with Crippen LogP contribution in [0.1, 0.15) is 20.8 Å². The highest BCUT2D eigenvalue weighted by molar-refractivity contribution is 7.80. The van der Waals surface area contributed by atoms with Gasteiger partial charge in [0.15, 0.2) is 0 Å². The van der Waals surface area contributed by atoms with E-state index in [1.807, 2.05) is 0 Å². The molecule has 1 unspecified atom stereocenters. The maximum absolute atomic E-state index is 14.0. The molecule has 0 heterocycles. The first-order chi connectivity index (χ1) is 11.9. The maximum Gasteiger partial charge on any atom is 0.216 e. The number of hydrogen-bond donors (Lipinski definition) is 4. The average molecular weight is 384 g/mol. The second kappa shape index (κ2) is 15.8. The Morgan fingerprint density at radius 1 is 1.04 bits per heavy atom. The van der Waals surface area contributed by atoms with Gasteiger partial charge < -0.3 is 30.2 Å². The van der Waals surface area contributed by atoms with Crippen molar-refractivity contribution in [3.05, 3.63) is 0 Å². The molecule has 25 heavy (non-hydrogen) atoms. The molecule has 0 aromatic carbocycles. The predicted molar refractivity (Wildman–Crippen MR) is 100.0 cm³/mol. The molecule has 0 aromatic rings. The van der Waals surface area contributed by atoms with Crippen LogP contribution in [-0.4, -0.2) is 82.8 Å². The molecule has 1 atom stereocenters. The van der Waals surface area contributed by atoms with Crippen molar-refractivity contribution in [3.8, 4) is 0 Å². The van der Waals surface area contributed by atoms with Gasteiger partial charge in [0.1, 0.15) is 6.17 Å². The van der Waals surface area contributed by atoms with Crippen LogP contribution in [0, 0.1) is 0 Å². The summed E-state index contributed by atoms with van der Waals surface area (Å²) in [6.07, 6.45) is -1.28. The maximum atomic E-state index is 14.0. The van der Waals surface area contributed by atoms with E-state index in [4.69, 9.17) is 14.2 Å². The normalized spacial score (nSPS) is 13.0. The van der Waals surface area contributed by atoms with Crippen LogP contribution in [0.4, 0.5) is 4.39 Å². The third-order valence-corrected chi connectivity index (χ3v) is 3.59. The molecule has 0 aliphatic rings. The van der Waals surface area contributed by atoms with Gasteiger partial charge in [-0.05, 0) is 13.8 Å². The number of hydrogen-bond acceptors (Lipinski definition) is 7. The molecule has 1 amide bonds. The first-order valence-electron chi connectivity index (χ1n) is 8.60. The Balaban J connectivity index is 3.43. The van der Waals surface area contributed by atoms with Gasteiger partial charge in [0.2, 0.25) is 5.91 Å². The largest absolute Gasteiger partial charge is 0.379 e. The monoisotopic (exact) mass is 383 g/mol. The minimum atomic E-state index is -1.28. The van der Waals surface area contributed by atoms with Crippen molar-refractivity contribution >= 4 is 18.5 Å². The average Bonchev–Trinajstić information content (AvgIpc) is 2.56. The topological polar surface area (TPSA) is 80.9 Å². The zero-order chi connectivity index (χ0) is 19.0. The third kappa shape index (κ3) is 15.5. The number of nitrogens with one attached hydrogen (secondary N) is 3. The fourth-order valence-corrected chi connectivity index (χ4v) is 1.93. The van der Waals surface area contributed by atoms with Crippen molar-refractivity contribution in [1.29, 1.82) is 0 Å². The minimum Gasteiger partial charge on any atom is -0.379 e. The number of halogens is 1. The zero-order valence-electron chi connectivity index (χ0n) is 15.6. The van der Waals surface area contributed by atoms with Gasteiger partial charge in [-0.25, -0.2) is 4.39 Å². The van der Waals surface area contributed by atoms with E-state index in [1.54, 1.807) is 13.8 Å². The third-order valence-electron chi connectivity index (χ3n) is 3.37. The van der Waals surface area contributed by atoms with Crippen LogP contribution in [0.15, 0.2) is 0 Å². The van der Waals surface area contributed by atoms with E-state index in [0.717, 1.165) is 19.6 Å². The summed E-state index contributed by atoms with van der Waals surface area (Å²) in [5, 5.41) is 8.71. The summed E-state index contributed by atoms with van der Waals surface area (Å²) in [7, 11) is 0. The highest BCUT2D eigenvalue weighted by atomic mass is 32.1. The van der Waals surface area contributed by atoms with Crippen LogP contribution in [0.25, 0.3) is 0 Å². The molecule has 0 saturated heterocycles. The highest BCUT2D eigenvalue weighted by Gasteiger charge is 2.30. The summed E-state index contributed by atoms with van der Waals surface area (Å²) in [6.45, 7) is 9.47. The van der Waals surface area contributed by atoms with Crippen molar-refractivity contribution in [2.24, 2.45) is 0 Å². The smallest absolute Gasteiger partial charge is 0.216 e. The lowest BCUT2D eigenvalue weighted by Crippen LogP contribution is -2.44. The van der Waals surface area contributed by atoms with E-state index in [0.29, 0.717) is 38.9 Å². The van der Waals surface area contributed by atoms with E-state index in [1.165, 1.54) is 6.92 Å². The SMILES string of the molecule is CC(=O)NCC(F)C(C)(C)OCCOCCNCCOCCNCS. The first kappa shape index (κ1) is 24.6. The molecule has 0 radical (unpaired) electrons. The molecule has 0 aromatic heterocycles. The second-order valence-corrected chi connectivity index (χ2v) is 6.31. The molecule has 0 saturated carbocycles. The Bertz CT molecular complexity index is 339. The number of carbonyl (C=O) groups excluding carboxylic acids is 1. The Labute approximate surface area is 156 Å². The van der Waals surface area contributed by atoms with Crippen LogP contribution in [-0.2, 0) is 19.0 Å². The Hall–Kier alpha value is -0.450. The van der Waals surface area contributed by atoms with Gasteiger partial charge in [-0.1, -0.05) is 0 Å². The van der Waals surface area contributed by atoms with Crippen molar-refractivity contribution < 1.29 is 23.4 Å². The lowest BCUT2D eigenvalue weighted by molar-refractivity contribution is -0.120. The van der Waals surface area contributed by atoms with Crippen molar-refractivity contribution in [3.63, 3.8) is 0 Å². The molecular weight excluding hydrogens is 349 g/mol. The standard InChI is InChI=1S/C16H34FN3O4S/c1-14(21)20-12-15(17)16(2,3)24-11-10-23-8-5-18-4-7-22-9-6-19-13-25/h15,18-19,25H,4-13H2,1-3H3,(H,20,21). The summed E-state index contributed by atoms with van der Waals surface area (Å²) >= 11 is 4.03. The van der Waals surface area contributed by atoms with Gasteiger partial charge in [-0.2, -0.15) is 12.6 Å². The quantitative estimate of drug-likeness (QED) is 0.165. The van der Waals surface area contributed by atoms with Crippen LogP contribution in [0.5, 0.6) is 0 Å². The lowest BCUT2D eigenvalue weighted by atomic mass is 10.0. The second-order valence-electron chi connectivity index (χ2n) is 5.99.